The molecule has 0 aliphatic carbocycles. The first-order valence-corrected chi connectivity index (χ1v) is 5.75. The number of hydrogen-bond donors (Lipinski definition) is 1. The van der Waals surface area contributed by atoms with Crippen LogP contribution in [-0.4, -0.2) is 10.1 Å². The summed E-state index contributed by atoms with van der Waals surface area (Å²) in [5.41, 5.74) is 3.94. The fraction of sp³-hybridized carbons (Fsp3) is 0.250. The van der Waals surface area contributed by atoms with Crippen molar-refractivity contribution in [3.05, 3.63) is 52.0 Å². The van der Waals surface area contributed by atoms with Crippen LogP contribution in [0.1, 0.15) is 22.1 Å². The van der Waals surface area contributed by atoms with Crippen LogP contribution in [0.4, 0.5) is 0 Å². The zero-order chi connectivity index (χ0) is 10.7. The highest BCUT2D eigenvalue weighted by molar-refractivity contribution is 7.09. The molecule has 1 heterocycles. The highest BCUT2D eigenvalue weighted by atomic mass is 32.1. The van der Waals surface area contributed by atoms with Crippen LogP contribution >= 0.6 is 11.3 Å². The molecule has 78 valence electrons. The molecular weight excluding hydrogens is 206 g/mol. The molecule has 3 heteroatoms. The standard InChI is InChI=1S/C12H13NOS/c1-9-3-2-4-10(5-9)12(14)6-11-7-13-8-15-11/h2-5,7-8,12,14H,6H2,1H3. The lowest BCUT2D eigenvalue weighted by Crippen LogP contribution is -2.00. The Kier molecular flexibility index (Phi) is 3.14. The predicted molar refractivity (Wildman–Crippen MR) is 62.0 cm³/mol. The number of benzene rings is 1. The Morgan fingerprint density at radius 1 is 1.47 bits per heavy atom. The molecule has 0 saturated heterocycles. The molecule has 1 N–H and O–H groups in total. The van der Waals surface area contributed by atoms with Crippen LogP contribution in [-0.2, 0) is 6.42 Å². The van der Waals surface area contributed by atoms with Crippen molar-refractivity contribution in [2.75, 3.05) is 0 Å². The average molecular weight is 219 g/mol. The van der Waals surface area contributed by atoms with E-state index >= 15 is 0 Å². The number of aliphatic hydroxyl groups excluding tert-OH is 1. The summed E-state index contributed by atoms with van der Waals surface area (Å²) >= 11 is 1.58. The molecule has 2 aromatic rings. The minimum Gasteiger partial charge on any atom is -0.388 e. The van der Waals surface area contributed by atoms with E-state index in [1.165, 1.54) is 5.56 Å². The number of hydrogen-bond acceptors (Lipinski definition) is 3. The molecule has 0 aliphatic rings. The van der Waals surface area contributed by atoms with E-state index in [2.05, 4.69) is 4.98 Å². The Balaban J connectivity index is 2.11. The van der Waals surface area contributed by atoms with Gasteiger partial charge in [0, 0.05) is 17.5 Å². The number of nitrogens with zero attached hydrogens (tertiary/aromatic N) is 1. The second kappa shape index (κ2) is 4.55. The molecule has 2 nitrogen and oxygen atoms in total. The topological polar surface area (TPSA) is 33.1 Å². The van der Waals surface area contributed by atoms with Gasteiger partial charge in [-0.1, -0.05) is 29.8 Å². The van der Waals surface area contributed by atoms with E-state index in [1.54, 1.807) is 16.8 Å². The van der Waals surface area contributed by atoms with Gasteiger partial charge in [-0.05, 0) is 12.5 Å². The molecule has 0 saturated carbocycles. The number of aliphatic hydroxyl groups is 1. The maximum absolute atomic E-state index is 10.00. The van der Waals surface area contributed by atoms with Gasteiger partial charge in [0.25, 0.3) is 0 Å². The summed E-state index contributed by atoms with van der Waals surface area (Å²) in [5.74, 6) is 0. The lowest BCUT2D eigenvalue weighted by atomic mass is 10.0. The Hall–Kier alpha value is -1.19. The highest BCUT2D eigenvalue weighted by Crippen LogP contribution is 2.20. The van der Waals surface area contributed by atoms with Crippen LogP contribution in [0, 0.1) is 6.92 Å². The first-order valence-electron chi connectivity index (χ1n) is 4.87. The minimum atomic E-state index is -0.426. The Morgan fingerprint density at radius 3 is 3.00 bits per heavy atom. The number of rotatable bonds is 3. The van der Waals surface area contributed by atoms with Gasteiger partial charge in [-0.3, -0.25) is 4.98 Å². The Bertz CT molecular complexity index is 425. The fourth-order valence-corrected chi connectivity index (χ4v) is 2.16. The van der Waals surface area contributed by atoms with Crippen molar-refractivity contribution in [3.63, 3.8) is 0 Å². The van der Waals surface area contributed by atoms with Gasteiger partial charge in [-0.2, -0.15) is 0 Å². The normalized spacial score (nSPS) is 12.7. The van der Waals surface area contributed by atoms with Gasteiger partial charge in [0.1, 0.15) is 0 Å². The number of aromatic nitrogens is 1. The van der Waals surface area contributed by atoms with Gasteiger partial charge in [-0.15, -0.1) is 11.3 Å². The van der Waals surface area contributed by atoms with Gasteiger partial charge in [0.05, 0.1) is 11.6 Å². The zero-order valence-electron chi connectivity index (χ0n) is 8.55. The minimum absolute atomic E-state index is 0.426. The van der Waals surface area contributed by atoms with Crippen molar-refractivity contribution >= 4 is 11.3 Å². The van der Waals surface area contributed by atoms with Crippen molar-refractivity contribution < 1.29 is 5.11 Å². The predicted octanol–water partition coefficient (Wildman–Crippen LogP) is 2.73. The number of thiazole rings is 1. The first-order chi connectivity index (χ1) is 7.25. The molecule has 15 heavy (non-hydrogen) atoms. The lowest BCUT2D eigenvalue weighted by Gasteiger charge is -2.09. The summed E-state index contributed by atoms with van der Waals surface area (Å²) in [6, 6.07) is 7.98. The molecule has 1 atom stereocenters. The maximum atomic E-state index is 10.00. The molecule has 0 radical (unpaired) electrons. The maximum Gasteiger partial charge on any atom is 0.0838 e. The van der Waals surface area contributed by atoms with E-state index in [1.807, 2.05) is 37.4 Å². The van der Waals surface area contributed by atoms with E-state index in [0.29, 0.717) is 6.42 Å². The highest BCUT2D eigenvalue weighted by Gasteiger charge is 2.09. The quantitative estimate of drug-likeness (QED) is 0.861. The van der Waals surface area contributed by atoms with Crippen LogP contribution in [0.15, 0.2) is 36.0 Å². The summed E-state index contributed by atoms with van der Waals surface area (Å²) < 4.78 is 0. The van der Waals surface area contributed by atoms with Crippen molar-refractivity contribution in [1.82, 2.24) is 4.98 Å². The molecule has 0 bridgehead atoms. The van der Waals surface area contributed by atoms with Crippen LogP contribution in [0.2, 0.25) is 0 Å². The van der Waals surface area contributed by atoms with Crippen molar-refractivity contribution in [1.29, 1.82) is 0 Å². The third-order valence-corrected chi connectivity index (χ3v) is 3.11. The van der Waals surface area contributed by atoms with Crippen molar-refractivity contribution in [2.24, 2.45) is 0 Å². The Labute approximate surface area is 93.2 Å². The number of aryl methyl sites for hydroxylation is 1. The van der Waals surface area contributed by atoms with Gasteiger partial charge in [-0.25, -0.2) is 0 Å². The van der Waals surface area contributed by atoms with Crippen LogP contribution in [0.25, 0.3) is 0 Å². The summed E-state index contributed by atoms with van der Waals surface area (Å²) in [7, 11) is 0. The second-order valence-corrected chi connectivity index (χ2v) is 4.57. The second-order valence-electron chi connectivity index (χ2n) is 3.60. The third-order valence-electron chi connectivity index (χ3n) is 2.30. The van der Waals surface area contributed by atoms with Crippen LogP contribution in [0.5, 0.6) is 0 Å². The monoisotopic (exact) mass is 219 g/mol. The fourth-order valence-electron chi connectivity index (χ4n) is 1.53. The summed E-state index contributed by atoms with van der Waals surface area (Å²) in [6.07, 6.45) is 2.03. The molecule has 0 amide bonds. The average Bonchev–Trinajstić information content (AvgIpc) is 2.70. The largest absolute Gasteiger partial charge is 0.388 e. The molecule has 0 fully saturated rings. The molecule has 1 aromatic carbocycles. The molecule has 0 spiro atoms. The molecule has 2 rings (SSSR count). The molecule has 0 aliphatic heterocycles. The lowest BCUT2D eigenvalue weighted by molar-refractivity contribution is 0.179. The van der Waals surface area contributed by atoms with E-state index in [9.17, 15) is 5.11 Å². The van der Waals surface area contributed by atoms with Gasteiger partial charge < -0.3 is 5.11 Å². The summed E-state index contributed by atoms with van der Waals surface area (Å²) in [4.78, 5) is 5.11. The first kappa shape index (κ1) is 10.3. The molecule has 1 aromatic heterocycles. The van der Waals surface area contributed by atoms with Gasteiger partial charge in [0.2, 0.25) is 0 Å². The third kappa shape index (κ3) is 2.64. The molecular formula is C12H13NOS. The van der Waals surface area contributed by atoms with Crippen molar-refractivity contribution in [3.8, 4) is 0 Å². The Morgan fingerprint density at radius 2 is 2.33 bits per heavy atom. The van der Waals surface area contributed by atoms with Gasteiger partial charge >= 0.3 is 0 Å². The van der Waals surface area contributed by atoms with E-state index in [0.717, 1.165) is 10.4 Å². The van der Waals surface area contributed by atoms with E-state index < -0.39 is 6.10 Å². The van der Waals surface area contributed by atoms with E-state index in [4.69, 9.17) is 0 Å². The summed E-state index contributed by atoms with van der Waals surface area (Å²) in [6.45, 7) is 2.03. The van der Waals surface area contributed by atoms with E-state index in [-0.39, 0.29) is 0 Å². The zero-order valence-corrected chi connectivity index (χ0v) is 9.37. The van der Waals surface area contributed by atoms with Crippen molar-refractivity contribution in [2.45, 2.75) is 19.4 Å². The van der Waals surface area contributed by atoms with Crippen LogP contribution < -0.4 is 0 Å². The van der Waals surface area contributed by atoms with Gasteiger partial charge in [0.15, 0.2) is 0 Å². The smallest absolute Gasteiger partial charge is 0.0838 e. The summed E-state index contributed by atoms with van der Waals surface area (Å²) in [5, 5.41) is 10.00. The SMILES string of the molecule is Cc1cccc(C(O)Cc2cncs2)c1. The molecule has 1 unspecified atom stereocenters. The van der Waals surface area contributed by atoms with Crippen LogP contribution in [0.3, 0.4) is 0 Å².